The second-order valence-electron chi connectivity index (χ2n) is 5.14. The number of carbonyl (C=O) groups is 1. The molecule has 0 saturated heterocycles. The van der Waals surface area contributed by atoms with Crippen LogP contribution in [0.5, 0.6) is 0 Å². The number of hydrogen-bond acceptors (Lipinski definition) is 4. The second-order valence-corrected chi connectivity index (χ2v) is 5.14. The molecule has 2 unspecified atom stereocenters. The van der Waals surface area contributed by atoms with Crippen LogP contribution in [0, 0.1) is 11.8 Å². The van der Waals surface area contributed by atoms with Gasteiger partial charge in [-0.2, -0.15) is 5.48 Å². The van der Waals surface area contributed by atoms with Crippen molar-refractivity contribution in [3.8, 4) is 0 Å². The molecule has 1 saturated carbocycles. The number of nitrogens with one attached hydrogen (secondary N) is 1. The minimum absolute atomic E-state index is 0.0452. The van der Waals surface area contributed by atoms with E-state index >= 15 is 0 Å². The number of hydrogen-bond donors (Lipinski definition) is 1. The maximum Gasteiger partial charge on any atom is 0.308 e. The van der Waals surface area contributed by atoms with Crippen molar-refractivity contribution < 1.29 is 14.4 Å². The number of rotatable bonds is 6. The van der Waals surface area contributed by atoms with Crippen LogP contribution < -0.4 is 5.48 Å². The Hall–Kier alpha value is -0.610. The highest BCUT2D eigenvalue weighted by Gasteiger charge is 2.28. The van der Waals surface area contributed by atoms with Gasteiger partial charge in [-0.05, 0) is 32.1 Å². The minimum atomic E-state index is -0.0529. The van der Waals surface area contributed by atoms with Gasteiger partial charge in [-0.15, -0.1) is 0 Å². The summed E-state index contributed by atoms with van der Waals surface area (Å²) in [6.45, 7) is 7.26. The van der Waals surface area contributed by atoms with Gasteiger partial charge >= 0.3 is 5.97 Å². The molecule has 0 aromatic rings. The Kier molecular flexibility index (Phi) is 6.52. The highest BCUT2D eigenvalue weighted by atomic mass is 16.6. The summed E-state index contributed by atoms with van der Waals surface area (Å²) in [5.74, 6) is 0.513. The van der Waals surface area contributed by atoms with Crippen molar-refractivity contribution in [2.45, 2.75) is 52.5 Å². The molecule has 17 heavy (non-hydrogen) atoms. The van der Waals surface area contributed by atoms with Gasteiger partial charge in [0.2, 0.25) is 0 Å². The molecule has 100 valence electrons. The summed E-state index contributed by atoms with van der Waals surface area (Å²) in [4.78, 5) is 17.1. The number of carbonyl (C=O) groups excluding carboxylic acids is 1. The molecule has 1 N–H and O–H groups in total. The van der Waals surface area contributed by atoms with E-state index < -0.39 is 0 Å². The molecule has 1 aliphatic carbocycles. The molecule has 0 aromatic heterocycles. The van der Waals surface area contributed by atoms with Gasteiger partial charge in [-0.1, -0.05) is 20.3 Å². The Morgan fingerprint density at radius 3 is 2.82 bits per heavy atom. The summed E-state index contributed by atoms with van der Waals surface area (Å²) in [6, 6.07) is 0.289. The lowest BCUT2D eigenvalue weighted by Gasteiger charge is -2.28. The van der Waals surface area contributed by atoms with Crippen LogP contribution in [0.1, 0.15) is 46.5 Å². The first-order valence-electron chi connectivity index (χ1n) is 6.67. The standard InChI is InChI=1S/C13H25NO3/c1-4-16-13(15)11-6-5-7-12(8-11)14-17-9-10(2)3/h10-12,14H,4-9H2,1-3H3. The first-order valence-corrected chi connectivity index (χ1v) is 6.67. The molecule has 4 nitrogen and oxygen atoms in total. The monoisotopic (exact) mass is 243 g/mol. The third-order valence-electron chi connectivity index (χ3n) is 2.96. The zero-order valence-corrected chi connectivity index (χ0v) is 11.2. The first kappa shape index (κ1) is 14.5. The summed E-state index contributed by atoms with van der Waals surface area (Å²) >= 11 is 0. The van der Waals surface area contributed by atoms with Crippen molar-refractivity contribution >= 4 is 5.97 Å². The van der Waals surface area contributed by atoms with E-state index in [0.717, 1.165) is 25.7 Å². The van der Waals surface area contributed by atoms with E-state index in [-0.39, 0.29) is 17.9 Å². The van der Waals surface area contributed by atoms with E-state index in [1.165, 1.54) is 0 Å². The van der Waals surface area contributed by atoms with E-state index in [9.17, 15) is 4.79 Å². The molecule has 0 aromatic carbocycles. The van der Waals surface area contributed by atoms with Gasteiger partial charge in [-0.3, -0.25) is 4.79 Å². The Labute approximate surface area is 104 Å². The first-order chi connectivity index (χ1) is 8.13. The van der Waals surface area contributed by atoms with Crippen LogP contribution >= 0.6 is 0 Å². The molecule has 2 atom stereocenters. The molecule has 4 heteroatoms. The highest BCUT2D eigenvalue weighted by Crippen LogP contribution is 2.25. The normalized spacial score (nSPS) is 24.9. The van der Waals surface area contributed by atoms with Crippen LogP contribution in [0.25, 0.3) is 0 Å². The van der Waals surface area contributed by atoms with Crippen molar-refractivity contribution in [1.29, 1.82) is 0 Å². The average Bonchev–Trinajstić information content (AvgIpc) is 2.29. The number of hydroxylamine groups is 1. The molecule has 0 spiro atoms. The summed E-state index contributed by atoms with van der Waals surface area (Å²) in [5.41, 5.74) is 3.07. The fourth-order valence-electron chi connectivity index (χ4n) is 2.10. The van der Waals surface area contributed by atoms with Gasteiger partial charge in [0.15, 0.2) is 0 Å². The number of ether oxygens (including phenoxy) is 1. The van der Waals surface area contributed by atoms with Gasteiger partial charge in [0.25, 0.3) is 0 Å². The number of esters is 1. The SMILES string of the molecule is CCOC(=O)C1CCCC(NOCC(C)C)C1. The fourth-order valence-corrected chi connectivity index (χ4v) is 2.10. The van der Waals surface area contributed by atoms with Gasteiger partial charge < -0.3 is 9.57 Å². The average molecular weight is 243 g/mol. The summed E-state index contributed by atoms with van der Waals surface area (Å²) in [7, 11) is 0. The van der Waals surface area contributed by atoms with Gasteiger partial charge in [0.1, 0.15) is 0 Å². The van der Waals surface area contributed by atoms with Crippen molar-refractivity contribution in [2.24, 2.45) is 11.8 Å². The second kappa shape index (κ2) is 7.67. The Morgan fingerprint density at radius 1 is 1.41 bits per heavy atom. The lowest BCUT2D eigenvalue weighted by atomic mass is 9.86. The molecule has 0 radical (unpaired) electrons. The minimum Gasteiger partial charge on any atom is -0.466 e. The summed E-state index contributed by atoms with van der Waals surface area (Å²) in [5, 5.41) is 0. The summed E-state index contributed by atoms with van der Waals surface area (Å²) < 4.78 is 5.06. The molecule has 1 aliphatic rings. The lowest BCUT2D eigenvalue weighted by Crippen LogP contribution is -2.37. The van der Waals surface area contributed by atoms with Gasteiger partial charge in [0.05, 0.1) is 19.1 Å². The van der Waals surface area contributed by atoms with Crippen LogP contribution in [-0.2, 0) is 14.4 Å². The van der Waals surface area contributed by atoms with Crippen LogP contribution in [0.3, 0.4) is 0 Å². The molecular weight excluding hydrogens is 218 g/mol. The quantitative estimate of drug-likeness (QED) is 0.574. The van der Waals surface area contributed by atoms with Crippen molar-refractivity contribution in [2.75, 3.05) is 13.2 Å². The predicted molar refractivity (Wildman–Crippen MR) is 66.3 cm³/mol. The Morgan fingerprint density at radius 2 is 2.18 bits per heavy atom. The van der Waals surface area contributed by atoms with Gasteiger partial charge in [0, 0.05) is 6.04 Å². The topological polar surface area (TPSA) is 47.6 Å². The van der Waals surface area contributed by atoms with Gasteiger partial charge in [-0.25, -0.2) is 0 Å². The van der Waals surface area contributed by atoms with E-state index in [4.69, 9.17) is 9.57 Å². The highest BCUT2D eigenvalue weighted by molar-refractivity contribution is 5.72. The Bertz CT molecular complexity index is 231. The molecule has 0 heterocycles. The maximum absolute atomic E-state index is 11.6. The van der Waals surface area contributed by atoms with E-state index in [0.29, 0.717) is 19.1 Å². The van der Waals surface area contributed by atoms with E-state index in [1.807, 2.05) is 6.92 Å². The van der Waals surface area contributed by atoms with Crippen molar-refractivity contribution in [3.63, 3.8) is 0 Å². The largest absolute Gasteiger partial charge is 0.466 e. The van der Waals surface area contributed by atoms with Crippen LogP contribution in [-0.4, -0.2) is 25.2 Å². The van der Waals surface area contributed by atoms with E-state index in [1.54, 1.807) is 0 Å². The van der Waals surface area contributed by atoms with E-state index in [2.05, 4.69) is 19.3 Å². The zero-order valence-electron chi connectivity index (χ0n) is 11.2. The molecular formula is C13H25NO3. The Balaban J connectivity index is 2.26. The third-order valence-corrected chi connectivity index (χ3v) is 2.96. The third kappa shape index (κ3) is 5.50. The van der Waals surface area contributed by atoms with Crippen molar-refractivity contribution in [1.82, 2.24) is 5.48 Å². The maximum atomic E-state index is 11.6. The fraction of sp³-hybridized carbons (Fsp3) is 0.923. The smallest absolute Gasteiger partial charge is 0.308 e. The van der Waals surface area contributed by atoms with Crippen molar-refractivity contribution in [3.05, 3.63) is 0 Å². The van der Waals surface area contributed by atoms with Crippen LogP contribution in [0.2, 0.25) is 0 Å². The zero-order chi connectivity index (χ0) is 12.7. The predicted octanol–water partition coefficient (Wildman–Crippen LogP) is 2.29. The van der Waals surface area contributed by atoms with Crippen LogP contribution in [0.4, 0.5) is 0 Å². The molecule has 1 rings (SSSR count). The molecule has 0 aliphatic heterocycles. The molecule has 0 amide bonds. The molecule has 1 fully saturated rings. The molecule has 0 bridgehead atoms. The lowest BCUT2D eigenvalue weighted by molar-refractivity contribution is -0.150. The summed E-state index contributed by atoms with van der Waals surface area (Å²) in [6.07, 6.45) is 3.91. The van der Waals surface area contributed by atoms with Crippen LogP contribution in [0.15, 0.2) is 0 Å².